The SMILES string of the molecule is CC(=Nc1c(C(C)C)cccc1C(C)C)C(=O)O.CCC.[CH3-].[Ni]. The predicted molar refractivity (Wildman–Crippen MR) is 97.4 cm³/mol. The minimum absolute atomic E-state index is 0. The first-order valence-corrected chi connectivity index (χ1v) is 7.67. The number of aliphatic carboxylic acids is 1. The summed E-state index contributed by atoms with van der Waals surface area (Å²) in [6.45, 7) is 14.1. The number of carboxylic acids is 1. The van der Waals surface area contributed by atoms with E-state index in [4.69, 9.17) is 5.11 Å². The number of hydrogen-bond acceptors (Lipinski definition) is 2. The maximum atomic E-state index is 10.9. The molecule has 1 N–H and O–H groups in total. The maximum Gasteiger partial charge on any atom is 0.349 e. The number of benzene rings is 1. The number of rotatable bonds is 4. The first-order chi connectivity index (χ1) is 9.76. The molecule has 0 aromatic heterocycles. The van der Waals surface area contributed by atoms with E-state index < -0.39 is 5.97 Å². The average Bonchev–Trinajstić information content (AvgIpc) is 2.39. The fourth-order valence-corrected chi connectivity index (χ4v) is 1.86. The summed E-state index contributed by atoms with van der Waals surface area (Å²) in [5, 5.41) is 8.97. The van der Waals surface area contributed by atoms with Crippen LogP contribution >= 0.6 is 0 Å². The molecule has 0 aliphatic heterocycles. The number of carbonyl (C=O) groups is 1. The number of carboxylic acid groups (broad SMARTS) is 1. The molecule has 0 aliphatic carbocycles. The van der Waals surface area contributed by atoms with Crippen LogP contribution in [0.25, 0.3) is 0 Å². The molecule has 0 fully saturated rings. The van der Waals surface area contributed by atoms with Gasteiger partial charge in [0.2, 0.25) is 0 Å². The summed E-state index contributed by atoms with van der Waals surface area (Å²) in [6, 6.07) is 6.05. The van der Waals surface area contributed by atoms with Gasteiger partial charge < -0.3 is 12.5 Å². The summed E-state index contributed by atoms with van der Waals surface area (Å²) in [5.74, 6) is -0.323. The molecule has 0 amide bonds. The molecule has 1 rings (SSSR count). The molecular weight excluding hydrogens is 333 g/mol. The van der Waals surface area contributed by atoms with Crippen molar-refractivity contribution in [3.63, 3.8) is 0 Å². The van der Waals surface area contributed by atoms with Crippen molar-refractivity contribution in [2.24, 2.45) is 4.99 Å². The van der Waals surface area contributed by atoms with Crippen molar-refractivity contribution < 1.29 is 26.4 Å². The zero-order chi connectivity index (χ0) is 16.6. The Hall–Kier alpha value is -1.15. The first kappa shape index (κ1) is 26.7. The predicted octanol–water partition coefficient (Wildman–Crippen LogP) is 5.97. The molecule has 0 saturated heterocycles. The van der Waals surface area contributed by atoms with Crippen molar-refractivity contribution in [3.05, 3.63) is 36.8 Å². The smallest absolute Gasteiger partial charge is 0.349 e. The van der Waals surface area contributed by atoms with Gasteiger partial charge in [-0.05, 0) is 29.9 Å². The normalized spacial score (nSPS) is 10.4. The molecule has 0 bridgehead atoms. The molecule has 0 unspecified atom stereocenters. The van der Waals surface area contributed by atoms with Crippen LogP contribution in [0.4, 0.5) is 5.69 Å². The van der Waals surface area contributed by atoms with Crippen molar-refractivity contribution >= 4 is 17.4 Å². The molecule has 0 saturated carbocycles. The van der Waals surface area contributed by atoms with E-state index in [0.29, 0.717) is 11.8 Å². The number of para-hydroxylation sites is 1. The van der Waals surface area contributed by atoms with Gasteiger partial charge in [0.1, 0.15) is 5.71 Å². The molecule has 0 radical (unpaired) electrons. The molecule has 0 atom stereocenters. The van der Waals surface area contributed by atoms with E-state index in [9.17, 15) is 4.79 Å². The Balaban J connectivity index is -0.000000740. The molecule has 1 aromatic carbocycles. The summed E-state index contributed by atoms with van der Waals surface area (Å²) in [4.78, 5) is 15.3. The third kappa shape index (κ3) is 8.90. The van der Waals surface area contributed by atoms with Gasteiger partial charge in [0.05, 0.1) is 5.69 Å². The second-order valence-electron chi connectivity index (χ2n) is 5.80. The van der Waals surface area contributed by atoms with Crippen molar-refractivity contribution in [1.29, 1.82) is 0 Å². The second kappa shape index (κ2) is 13.3. The van der Waals surface area contributed by atoms with Gasteiger partial charge in [0, 0.05) is 16.5 Å². The Labute approximate surface area is 152 Å². The number of aliphatic imine (C=N–C) groups is 1. The average molecular weight is 365 g/mol. The Bertz CT molecular complexity index is 468. The molecular formula is C19H32NNiO2-. The molecule has 3 nitrogen and oxygen atoms in total. The van der Waals surface area contributed by atoms with E-state index in [1.165, 1.54) is 13.3 Å². The fourth-order valence-electron chi connectivity index (χ4n) is 1.86. The Morgan fingerprint density at radius 2 is 1.43 bits per heavy atom. The van der Waals surface area contributed by atoms with Crippen molar-refractivity contribution in [2.75, 3.05) is 0 Å². The second-order valence-corrected chi connectivity index (χ2v) is 5.80. The maximum absolute atomic E-state index is 10.9. The van der Waals surface area contributed by atoms with E-state index in [2.05, 4.69) is 46.5 Å². The zero-order valence-corrected chi connectivity index (χ0v) is 16.7. The van der Waals surface area contributed by atoms with Gasteiger partial charge in [0.25, 0.3) is 0 Å². The van der Waals surface area contributed by atoms with Crippen molar-refractivity contribution in [3.8, 4) is 0 Å². The standard InChI is InChI=1S/C15H21NO2.C3H8.CH3.Ni/c1-9(2)12-7-6-8-13(10(3)4)14(12)16-11(5)15(17)18;1-3-2;;/h6-10H,1-5H3,(H,17,18);3H2,1-2H3;1H3;/q;;-1;. The van der Waals surface area contributed by atoms with Gasteiger partial charge in [0.15, 0.2) is 0 Å². The van der Waals surface area contributed by atoms with Crippen LogP contribution in [0.5, 0.6) is 0 Å². The number of nitrogens with zero attached hydrogens (tertiary/aromatic N) is 1. The summed E-state index contributed by atoms with van der Waals surface area (Å²) in [7, 11) is 0. The van der Waals surface area contributed by atoms with Gasteiger partial charge in [-0.3, -0.25) is 0 Å². The fraction of sp³-hybridized carbons (Fsp3) is 0.526. The van der Waals surface area contributed by atoms with E-state index >= 15 is 0 Å². The van der Waals surface area contributed by atoms with Gasteiger partial charge in [-0.1, -0.05) is 66.2 Å². The largest absolute Gasteiger partial charge is 0.477 e. The summed E-state index contributed by atoms with van der Waals surface area (Å²) >= 11 is 0. The molecule has 136 valence electrons. The Morgan fingerprint density at radius 1 is 1.09 bits per heavy atom. The van der Waals surface area contributed by atoms with Gasteiger partial charge >= 0.3 is 5.97 Å². The first-order valence-electron chi connectivity index (χ1n) is 7.67. The van der Waals surface area contributed by atoms with Crippen LogP contribution in [0.1, 0.15) is 77.8 Å². The van der Waals surface area contributed by atoms with Crippen LogP contribution in [0.15, 0.2) is 23.2 Å². The van der Waals surface area contributed by atoms with Gasteiger partial charge in [-0.2, -0.15) is 0 Å². The molecule has 0 aliphatic rings. The molecule has 0 spiro atoms. The van der Waals surface area contributed by atoms with Crippen LogP contribution in [0, 0.1) is 7.43 Å². The number of hydrogen-bond donors (Lipinski definition) is 1. The molecule has 23 heavy (non-hydrogen) atoms. The minimum Gasteiger partial charge on any atom is -0.477 e. The van der Waals surface area contributed by atoms with Crippen LogP contribution in [0.2, 0.25) is 0 Å². The van der Waals surface area contributed by atoms with Crippen molar-refractivity contribution in [1.82, 2.24) is 0 Å². The molecule has 0 heterocycles. The van der Waals surface area contributed by atoms with Crippen LogP contribution in [-0.4, -0.2) is 16.8 Å². The summed E-state index contributed by atoms with van der Waals surface area (Å²) < 4.78 is 0. The Morgan fingerprint density at radius 3 is 1.70 bits per heavy atom. The Kier molecular flexibility index (Phi) is 15.5. The minimum atomic E-state index is -0.969. The topological polar surface area (TPSA) is 49.7 Å². The van der Waals surface area contributed by atoms with Crippen LogP contribution in [-0.2, 0) is 21.3 Å². The van der Waals surface area contributed by atoms with Crippen molar-refractivity contribution in [2.45, 2.75) is 66.7 Å². The third-order valence-corrected chi connectivity index (χ3v) is 2.93. The summed E-state index contributed by atoms with van der Waals surface area (Å²) in [5.41, 5.74) is 3.15. The summed E-state index contributed by atoms with van der Waals surface area (Å²) in [6.07, 6.45) is 1.25. The van der Waals surface area contributed by atoms with E-state index in [1.807, 2.05) is 18.2 Å². The molecule has 4 heteroatoms. The van der Waals surface area contributed by atoms with Crippen LogP contribution < -0.4 is 0 Å². The van der Waals surface area contributed by atoms with E-state index in [0.717, 1.165) is 16.8 Å². The quantitative estimate of drug-likeness (QED) is 0.406. The van der Waals surface area contributed by atoms with E-state index in [-0.39, 0.29) is 29.6 Å². The zero-order valence-electron chi connectivity index (χ0n) is 15.7. The monoisotopic (exact) mass is 364 g/mol. The van der Waals surface area contributed by atoms with E-state index in [1.54, 1.807) is 0 Å². The van der Waals surface area contributed by atoms with Crippen LogP contribution in [0.3, 0.4) is 0 Å². The molecule has 1 aromatic rings. The van der Waals surface area contributed by atoms with Gasteiger partial charge in [-0.15, -0.1) is 0 Å². The van der Waals surface area contributed by atoms with Gasteiger partial charge in [-0.25, -0.2) is 9.79 Å². The third-order valence-electron chi connectivity index (χ3n) is 2.93.